The topological polar surface area (TPSA) is 89.0 Å². The zero-order valence-electron chi connectivity index (χ0n) is 14.7. The first-order valence-electron chi connectivity index (χ1n) is 8.33. The van der Waals surface area contributed by atoms with Gasteiger partial charge in [0.2, 0.25) is 0 Å². The molecule has 0 aliphatic carbocycles. The number of ether oxygens (including phenoxy) is 2. The Morgan fingerprint density at radius 1 is 1.37 bits per heavy atom. The number of nitrogens with zero attached hydrogens (tertiary/aromatic N) is 2. The highest BCUT2D eigenvalue weighted by Crippen LogP contribution is 2.37. The number of carboxylic acid groups (broad SMARTS) is 1. The predicted octanol–water partition coefficient (Wildman–Crippen LogP) is 2.12. The van der Waals surface area contributed by atoms with E-state index in [4.69, 9.17) is 19.4 Å². The van der Waals surface area contributed by atoms with Gasteiger partial charge < -0.3 is 19.5 Å². The summed E-state index contributed by atoms with van der Waals surface area (Å²) in [5.41, 5.74) is 0.581. The van der Waals surface area contributed by atoms with E-state index in [0.717, 1.165) is 32.4 Å². The smallest absolute Gasteiger partial charge is 0.475 e. The third kappa shape index (κ3) is 5.64. The van der Waals surface area contributed by atoms with Crippen molar-refractivity contribution in [3.63, 3.8) is 0 Å². The van der Waals surface area contributed by atoms with Crippen LogP contribution in [0.25, 0.3) is 0 Å². The number of hydrogen-bond donors (Lipinski definition) is 1. The van der Waals surface area contributed by atoms with Gasteiger partial charge in [-0.25, -0.2) is 4.79 Å². The molecule has 1 N–H and O–H groups in total. The Kier molecular flexibility index (Phi) is 6.77. The van der Waals surface area contributed by atoms with Gasteiger partial charge in [-0.3, -0.25) is 9.78 Å². The van der Waals surface area contributed by atoms with Gasteiger partial charge in [0, 0.05) is 39.0 Å². The van der Waals surface area contributed by atoms with E-state index >= 15 is 0 Å². The minimum atomic E-state index is -5.08. The standard InChI is InChI=1S/C15H20N2O3.C2HF3O2/c1-19-13-9-15(20-11-13)4-7-17(8-5-15)14(18)12-3-2-6-16-10-12;3-2(4,5)1(6)7/h2-3,6,10,13H,4-5,7-9,11H2,1H3;(H,6,7). The Hall–Kier alpha value is -2.20. The molecule has 1 aromatic heterocycles. The first kappa shape index (κ1) is 21.1. The Bertz CT molecular complexity index is 646. The fourth-order valence-corrected chi connectivity index (χ4v) is 3.09. The average molecular weight is 390 g/mol. The van der Waals surface area contributed by atoms with E-state index in [1.165, 1.54) is 0 Å². The first-order chi connectivity index (χ1) is 12.7. The number of alkyl halides is 3. The number of aromatic nitrogens is 1. The summed E-state index contributed by atoms with van der Waals surface area (Å²) in [5, 5.41) is 7.12. The molecule has 1 unspecified atom stereocenters. The second-order valence-corrected chi connectivity index (χ2v) is 6.39. The number of rotatable bonds is 2. The maximum absolute atomic E-state index is 12.3. The Morgan fingerprint density at radius 2 is 2.00 bits per heavy atom. The highest BCUT2D eigenvalue weighted by Gasteiger charge is 2.43. The van der Waals surface area contributed by atoms with Gasteiger partial charge in [-0.05, 0) is 25.0 Å². The second kappa shape index (κ2) is 8.66. The summed E-state index contributed by atoms with van der Waals surface area (Å²) in [7, 11) is 1.73. The van der Waals surface area contributed by atoms with Crippen molar-refractivity contribution in [2.24, 2.45) is 0 Å². The summed E-state index contributed by atoms with van der Waals surface area (Å²) in [6.45, 7) is 2.15. The molecule has 1 aromatic rings. The molecule has 2 saturated heterocycles. The molecule has 3 heterocycles. The van der Waals surface area contributed by atoms with Crippen LogP contribution in [-0.4, -0.2) is 71.6 Å². The Labute approximate surface area is 154 Å². The first-order valence-corrected chi connectivity index (χ1v) is 8.33. The van der Waals surface area contributed by atoms with Crippen LogP contribution in [0.1, 0.15) is 29.6 Å². The van der Waals surface area contributed by atoms with Crippen molar-refractivity contribution in [2.75, 3.05) is 26.8 Å². The van der Waals surface area contributed by atoms with Gasteiger partial charge in [0.1, 0.15) is 0 Å². The van der Waals surface area contributed by atoms with Gasteiger partial charge in [0.05, 0.1) is 23.9 Å². The number of pyridine rings is 1. The number of piperidine rings is 1. The molecular formula is C17H21F3N2O5. The van der Waals surface area contributed by atoms with E-state index in [1.807, 2.05) is 11.0 Å². The normalized spacial score (nSPS) is 21.5. The summed E-state index contributed by atoms with van der Waals surface area (Å²) in [4.78, 5) is 27.1. The number of halogens is 3. The lowest BCUT2D eigenvalue weighted by Crippen LogP contribution is -2.46. The van der Waals surface area contributed by atoms with E-state index in [2.05, 4.69) is 4.98 Å². The van der Waals surface area contributed by atoms with Crippen LogP contribution in [0.3, 0.4) is 0 Å². The predicted molar refractivity (Wildman–Crippen MR) is 87.2 cm³/mol. The molecule has 2 fully saturated rings. The fraction of sp³-hybridized carbons (Fsp3) is 0.588. The molecule has 1 amide bonds. The SMILES string of the molecule is COC1COC2(CCN(C(=O)c3cccnc3)CC2)C1.O=C(O)C(F)(F)F. The molecule has 2 aliphatic rings. The van der Waals surface area contributed by atoms with Gasteiger partial charge >= 0.3 is 12.1 Å². The summed E-state index contributed by atoms with van der Waals surface area (Å²) < 4.78 is 43.0. The number of carbonyl (C=O) groups excluding carboxylic acids is 1. The second-order valence-electron chi connectivity index (χ2n) is 6.39. The van der Waals surface area contributed by atoms with Gasteiger partial charge in [-0.1, -0.05) is 0 Å². The summed E-state index contributed by atoms with van der Waals surface area (Å²) in [6.07, 6.45) is 1.14. The Morgan fingerprint density at radius 3 is 2.44 bits per heavy atom. The van der Waals surface area contributed by atoms with Gasteiger partial charge in [0.15, 0.2) is 0 Å². The van der Waals surface area contributed by atoms with Crippen molar-refractivity contribution in [1.29, 1.82) is 0 Å². The van der Waals surface area contributed by atoms with Crippen molar-refractivity contribution >= 4 is 11.9 Å². The van der Waals surface area contributed by atoms with Crippen molar-refractivity contribution in [2.45, 2.75) is 37.1 Å². The molecule has 0 radical (unpaired) electrons. The monoisotopic (exact) mass is 390 g/mol. The van der Waals surface area contributed by atoms with Crippen LogP contribution in [0.2, 0.25) is 0 Å². The Balaban J connectivity index is 0.000000321. The van der Waals surface area contributed by atoms with Crippen LogP contribution < -0.4 is 0 Å². The van der Waals surface area contributed by atoms with E-state index in [-0.39, 0.29) is 17.6 Å². The van der Waals surface area contributed by atoms with Crippen molar-refractivity contribution in [3.8, 4) is 0 Å². The molecular weight excluding hydrogens is 369 g/mol. The van der Waals surface area contributed by atoms with Crippen molar-refractivity contribution in [3.05, 3.63) is 30.1 Å². The molecule has 27 heavy (non-hydrogen) atoms. The van der Waals surface area contributed by atoms with Gasteiger partial charge in [-0.2, -0.15) is 13.2 Å². The van der Waals surface area contributed by atoms with Gasteiger partial charge in [0.25, 0.3) is 5.91 Å². The lowest BCUT2D eigenvalue weighted by atomic mass is 9.88. The number of aliphatic carboxylic acids is 1. The van der Waals surface area contributed by atoms with E-state index in [9.17, 15) is 18.0 Å². The number of methoxy groups -OCH3 is 1. The molecule has 0 aromatic carbocycles. The minimum absolute atomic E-state index is 0.0641. The van der Waals surface area contributed by atoms with Crippen LogP contribution >= 0.6 is 0 Å². The molecule has 3 rings (SSSR count). The number of hydrogen-bond acceptors (Lipinski definition) is 5. The highest BCUT2D eigenvalue weighted by atomic mass is 19.4. The molecule has 10 heteroatoms. The maximum atomic E-state index is 12.3. The summed E-state index contributed by atoms with van der Waals surface area (Å²) in [6, 6.07) is 3.61. The largest absolute Gasteiger partial charge is 0.490 e. The number of carboxylic acids is 1. The van der Waals surface area contributed by atoms with Crippen LogP contribution in [0.4, 0.5) is 13.2 Å². The molecule has 1 atom stereocenters. The highest BCUT2D eigenvalue weighted by molar-refractivity contribution is 5.93. The molecule has 2 aliphatic heterocycles. The average Bonchev–Trinajstić information content (AvgIpc) is 3.05. The van der Waals surface area contributed by atoms with Crippen LogP contribution in [0.5, 0.6) is 0 Å². The van der Waals surface area contributed by atoms with E-state index in [0.29, 0.717) is 12.2 Å². The summed E-state index contributed by atoms with van der Waals surface area (Å²) >= 11 is 0. The molecule has 0 bridgehead atoms. The minimum Gasteiger partial charge on any atom is -0.475 e. The third-order valence-electron chi connectivity index (χ3n) is 4.62. The third-order valence-corrected chi connectivity index (χ3v) is 4.62. The summed E-state index contributed by atoms with van der Waals surface area (Å²) in [5.74, 6) is -2.69. The fourth-order valence-electron chi connectivity index (χ4n) is 3.09. The van der Waals surface area contributed by atoms with Crippen molar-refractivity contribution < 1.29 is 37.3 Å². The number of likely N-dealkylation sites (tertiary alicyclic amines) is 1. The molecule has 7 nitrogen and oxygen atoms in total. The molecule has 150 valence electrons. The van der Waals surface area contributed by atoms with E-state index < -0.39 is 12.1 Å². The maximum Gasteiger partial charge on any atom is 0.490 e. The van der Waals surface area contributed by atoms with Crippen LogP contribution in [0, 0.1) is 0 Å². The van der Waals surface area contributed by atoms with Crippen LogP contribution in [-0.2, 0) is 14.3 Å². The van der Waals surface area contributed by atoms with Crippen molar-refractivity contribution in [1.82, 2.24) is 9.88 Å². The zero-order valence-corrected chi connectivity index (χ0v) is 14.7. The number of carbonyl (C=O) groups is 2. The zero-order chi connectivity index (χ0) is 20.1. The van der Waals surface area contributed by atoms with Crippen LogP contribution in [0.15, 0.2) is 24.5 Å². The van der Waals surface area contributed by atoms with E-state index in [1.54, 1.807) is 25.6 Å². The number of amides is 1. The lowest BCUT2D eigenvalue weighted by molar-refractivity contribution is -0.192. The van der Waals surface area contributed by atoms with Gasteiger partial charge in [-0.15, -0.1) is 0 Å². The quantitative estimate of drug-likeness (QED) is 0.832. The molecule has 1 spiro atoms. The molecule has 0 saturated carbocycles. The lowest BCUT2D eigenvalue weighted by Gasteiger charge is -2.38.